The molecule has 0 amide bonds. The van der Waals surface area contributed by atoms with E-state index in [2.05, 4.69) is 10.3 Å². The summed E-state index contributed by atoms with van der Waals surface area (Å²) in [5, 5.41) is 12.1. The molecule has 1 aromatic carbocycles. The lowest BCUT2D eigenvalue weighted by Crippen LogP contribution is -2.46. The number of halogens is 3. The lowest BCUT2D eigenvalue weighted by atomic mass is 9.87. The average Bonchev–Trinajstić information content (AvgIpc) is 2.59. The van der Waals surface area contributed by atoms with Crippen LogP contribution in [-0.4, -0.2) is 22.1 Å². The fourth-order valence-corrected chi connectivity index (χ4v) is 2.80. The Morgan fingerprint density at radius 2 is 1.78 bits per heavy atom. The maximum absolute atomic E-state index is 15.3. The molecular formula is C20H23F3N2O2. The van der Waals surface area contributed by atoms with Crippen molar-refractivity contribution in [1.29, 1.82) is 0 Å². The fraction of sp³-hybridized carbons (Fsp3) is 0.400. The quantitative estimate of drug-likeness (QED) is 0.741. The van der Waals surface area contributed by atoms with Gasteiger partial charge in [0.1, 0.15) is 23.6 Å². The molecule has 0 radical (unpaired) electrons. The molecular weight excluding hydrogens is 357 g/mol. The molecule has 0 bridgehead atoms. The second-order valence-corrected chi connectivity index (χ2v) is 7.64. The second kappa shape index (κ2) is 8.08. The maximum atomic E-state index is 15.3. The summed E-state index contributed by atoms with van der Waals surface area (Å²) in [4.78, 5) is 15.4. The molecule has 27 heavy (non-hydrogen) atoms. The van der Waals surface area contributed by atoms with Gasteiger partial charge in [-0.25, -0.2) is 4.39 Å². The molecule has 0 aliphatic rings. The van der Waals surface area contributed by atoms with Gasteiger partial charge >= 0.3 is 11.9 Å². The minimum absolute atomic E-state index is 0.0761. The van der Waals surface area contributed by atoms with Gasteiger partial charge < -0.3 is 5.11 Å². The summed E-state index contributed by atoms with van der Waals surface area (Å²) in [6, 6.07) is 5.81. The zero-order valence-corrected chi connectivity index (χ0v) is 15.4. The predicted molar refractivity (Wildman–Crippen MR) is 95.9 cm³/mol. The molecule has 2 N–H and O–H groups in total. The Labute approximate surface area is 156 Å². The fourth-order valence-electron chi connectivity index (χ4n) is 2.80. The van der Waals surface area contributed by atoms with E-state index in [1.54, 1.807) is 0 Å². The first-order chi connectivity index (χ1) is 12.5. The van der Waals surface area contributed by atoms with Crippen molar-refractivity contribution in [1.82, 2.24) is 10.3 Å². The van der Waals surface area contributed by atoms with E-state index in [0.29, 0.717) is 0 Å². The van der Waals surface area contributed by atoms with Gasteiger partial charge in [-0.1, -0.05) is 39.0 Å². The number of aliphatic carboxylic acids is 1. The van der Waals surface area contributed by atoms with Crippen molar-refractivity contribution in [2.24, 2.45) is 5.41 Å². The van der Waals surface area contributed by atoms with Crippen molar-refractivity contribution in [2.45, 2.75) is 45.2 Å². The van der Waals surface area contributed by atoms with E-state index in [1.165, 1.54) is 36.5 Å². The van der Waals surface area contributed by atoms with Crippen molar-refractivity contribution >= 4 is 5.97 Å². The van der Waals surface area contributed by atoms with Crippen molar-refractivity contribution in [2.75, 3.05) is 0 Å². The summed E-state index contributed by atoms with van der Waals surface area (Å²) in [5.74, 6) is -5.30. The van der Waals surface area contributed by atoms with Crippen LogP contribution in [0.15, 0.2) is 48.7 Å². The highest BCUT2D eigenvalue weighted by Gasteiger charge is 2.45. The highest BCUT2D eigenvalue weighted by Crippen LogP contribution is 2.40. The molecule has 146 valence electrons. The second-order valence-electron chi connectivity index (χ2n) is 7.64. The lowest BCUT2D eigenvalue weighted by molar-refractivity contribution is -0.142. The first kappa shape index (κ1) is 20.9. The third-order valence-electron chi connectivity index (χ3n) is 4.05. The van der Waals surface area contributed by atoms with Crippen molar-refractivity contribution in [3.63, 3.8) is 0 Å². The maximum Gasteiger partial charge on any atom is 0.320 e. The Morgan fingerprint density at radius 1 is 1.15 bits per heavy atom. The van der Waals surface area contributed by atoms with E-state index >= 15 is 8.78 Å². The van der Waals surface area contributed by atoms with E-state index in [-0.39, 0.29) is 12.0 Å². The summed E-state index contributed by atoms with van der Waals surface area (Å²) in [6.07, 6.45) is 1.38. The number of carboxylic acids is 1. The molecule has 0 aliphatic carbocycles. The van der Waals surface area contributed by atoms with E-state index in [4.69, 9.17) is 0 Å². The number of aromatic nitrogens is 1. The molecule has 0 aliphatic heterocycles. The van der Waals surface area contributed by atoms with Crippen LogP contribution in [-0.2, 0) is 10.7 Å². The zero-order valence-electron chi connectivity index (χ0n) is 15.4. The van der Waals surface area contributed by atoms with Gasteiger partial charge in [0, 0.05) is 6.20 Å². The van der Waals surface area contributed by atoms with Crippen LogP contribution in [0.4, 0.5) is 13.2 Å². The van der Waals surface area contributed by atoms with Crippen LogP contribution < -0.4 is 5.32 Å². The molecule has 1 heterocycles. The number of pyridine rings is 1. The van der Waals surface area contributed by atoms with Crippen LogP contribution in [0.1, 0.15) is 44.5 Å². The zero-order chi connectivity index (χ0) is 20.2. The highest BCUT2D eigenvalue weighted by atomic mass is 19.3. The molecule has 0 saturated carbocycles. The first-order valence-electron chi connectivity index (χ1n) is 8.54. The van der Waals surface area contributed by atoms with E-state index in [1.807, 2.05) is 20.8 Å². The van der Waals surface area contributed by atoms with Crippen LogP contribution in [0.5, 0.6) is 0 Å². The number of benzene rings is 1. The normalized spacial score (nSPS) is 14.6. The average molecular weight is 380 g/mol. The van der Waals surface area contributed by atoms with E-state index < -0.39 is 40.9 Å². The summed E-state index contributed by atoms with van der Waals surface area (Å²) >= 11 is 0. The molecule has 0 unspecified atom stereocenters. The molecule has 1 aromatic heterocycles. The Kier molecular flexibility index (Phi) is 6.26. The van der Waals surface area contributed by atoms with Gasteiger partial charge in [-0.3, -0.25) is 15.1 Å². The molecule has 0 spiro atoms. The van der Waals surface area contributed by atoms with Gasteiger partial charge in [0.2, 0.25) is 0 Å². The number of alkyl halides is 2. The molecule has 2 aromatic rings. The van der Waals surface area contributed by atoms with E-state index in [9.17, 15) is 14.3 Å². The number of carbonyl (C=O) groups is 1. The van der Waals surface area contributed by atoms with Crippen molar-refractivity contribution in [3.8, 4) is 0 Å². The van der Waals surface area contributed by atoms with Crippen LogP contribution in [0, 0.1) is 11.2 Å². The summed E-state index contributed by atoms with van der Waals surface area (Å²) in [5.41, 5.74) is -0.817. The Hall–Kier alpha value is -2.41. The molecule has 0 fully saturated rings. The third kappa shape index (κ3) is 5.53. The molecule has 2 atom stereocenters. The van der Waals surface area contributed by atoms with Gasteiger partial charge in [0.15, 0.2) is 0 Å². The standard InChI is InChI=1S/C20H23F3N2O2/c1-19(2,3)12-15(18(26)27)25-17(13-7-9-14(21)10-8-13)20(22,23)16-6-4-5-11-24-16/h4-11,15,17,25H,12H2,1-3H3,(H,26,27)/t15-,17-/m0/s1. The van der Waals surface area contributed by atoms with Crippen LogP contribution >= 0.6 is 0 Å². The van der Waals surface area contributed by atoms with Gasteiger partial charge in [-0.2, -0.15) is 8.78 Å². The van der Waals surface area contributed by atoms with Crippen LogP contribution in [0.3, 0.4) is 0 Å². The summed E-state index contributed by atoms with van der Waals surface area (Å²) in [7, 11) is 0. The van der Waals surface area contributed by atoms with Crippen LogP contribution in [0.25, 0.3) is 0 Å². The Morgan fingerprint density at radius 3 is 2.26 bits per heavy atom. The third-order valence-corrected chi connectivity index (χ3v) is 4.05. The summed E-state index contributed by atoms with van der Waals surface area (Å²) < 4.78 is 43.8. The smallest absolute Gasteiger partial charge is 0.320 e. The predicted octanol–water partition coefficient (Wildman–Crippen LogP) is 4.53. The molecule has 2 rings (SSSR count). The van der Waals surface area contributed by atoms with Crippen molar-refractivity contribution < 1.29 is 23.1 Å². The lowest BCUT2D eigenvalue weighted by Gasteiger charge is -2.32. The van der Waals surface area contributed by atoms with Crippen molar-refractivity contribution in [3.05, 3.63) is 65.7 Å². The Bertz CT molecular complexity index is 759. The number of nitrogens with one attached hydrogen (secondary N) is 1. The molecule has 4 nitrogen and oxygen atoms in total. The number of hydrogen-bond donors (Lipinski definition) is 2. The first-order valence-corrected chi connectivity index (χ1v) is 8.54. The topological polar surface area (TPSA) is 62.2 Å². The van der Waals surface area contributed by atoms with Gasteiger partial charge in [-0.15, -0.1) is 0 Å². The largest absolute Gasteiger partial charge is 0.480 e. The number of rotatable bonds is 7. The minimum Gasteiger partial charge on any atom is -0.480 e. The van der Waals surface area contributed by atoms with Gasteiger partial charge in [0.25, 0.3) is 0 Å². The summed E-state index contributed by atoms with van der Waals surface area (Å²) in [6.45, 7) is 5.48. The molecule has 7 heteroatoms. The monoisotopic (exact) mass is 380 g/mol. The highest BCUT2D eigenvalue weighted by molar-refractivity contribution is 5.73. The number of hydrogen-bond acceptors (Lipinski definition) is 3. The SMILES string of the molecule is CC(C)(C)C[C@H](N[C@@H](c1ccc(F)cc1)C(F)(F)c1ccccn1)C(=O)O. The number of carboxylic acid groups (broad SMARTS) is 1. The molecule has 0 saturated heterocycles. The van der Waals surface area contributed by atoms with Gasteiger partial charge in [0.05, 0.1) is 0 Å². The minimum atomic E-state index is -3.51. The Balaban J connectivity index is 2.46. The van der Waals surface area contributed by atoms with Gasteiger partial charge in [-0.05, 0) is 41.7 Å². The van der Waals surface area contributed by atoms with Crippen LogP contribution in [0.2, 0.25) is 0 Å². The van der Waals surface area contributed by atoms with E-state index in [0.717, 1.165) is 12.1 Å². The number of nitrogens with zero attached hydrogens (tertiary/aromatic N) is 1.